The van der Waals surface area contributed by atoms with Crippen LogP contribution in [-0.2, 0) is 18.1 Å². The van der Waals surface area contributed by atoms with Gasteiger partial charge < -0.3 is 9.80 Å². The molecule has 166 valence electrons. The Morgan fingerprint density at radius 3 is 1.89 bits per heavy atom. The minimum absolute atomic E-state index is 0.390. The molecule has 1 unspecified atom stereocenters. The molecule has 0 spiro atoms. The lowest BCUT2D eigenvalue weighted by Crippen LogP contribution is -2.39. The van der Waals surface area contributed by atoms with E-state index in [1.165, 1.54) is 38.5 Å². The van der Waals surface area contributed by atoms with Crippen molar-refractivity contribution in [2.24, 2.45) is 0 Å². The molecular weight excluding hydrogens is 375 g/mol. The molecule has 1 aliphatic rings. The highest BCUT2D eigenvalue weighted by atomic mass is 31.2. The summed E-state index contributed by atoms with van der Waals surface area (Å²) in [5, 5.41) is 0. The van der Waals surface area contributed by atoms with Crippen LogP contribution in [0.15, 0.2) is 12.4 Å². The number of phosphoric acid groups is 1. The maximum atomic E-state index is 13.1. The van der Waals surface area contributed by atoms with Crippen LogP contribution in [0.25, 0.3) is 0 Å². The Hall–Kier alpha value is -0.550. The molecular formula is C21H43N2O4P. The molecule has 0 fully saturated rings. The summed E-state index contributed by atoms with van der Waals surface area (Å²) in [6.45, 7) is 8.05. The summed E-state index contributed by atoms with van der Waals surface area (Å²) in [6, 6.07) is 0. The highest BCUT2D eigenvalue weighted by Gasteiger charge is 2.36. The second-order valence-corrected chi connectivity index (χ2v) is 9.20. The Morgan fingerprint density at radius 2 is 1.32 bits per heavy atom. The smallest absolute Gasteiger partial charge is 0.337 e. The van der Waals surface area contributed by atoms with Gasteiger partial charge in [0.25, 0.3) is 0 Å². The molecule has 28 heavy (non-hydrogen) atoms. The fourth-order valence-electron chi connectivity index (χ4n) is 3.00. The Labute approximate surface area is 173 Å². The fourth-order valence-corrected chi connectivity index (χ4v) is 4.40. The minimum Gasteiger partial charge on any atom is -0.337 e. The van der Waals surface area contributed by atoms with E-state index in [1.54, 1.807) is 0 Å². The molecule has 0 aromatic heterocycles. The second kappa shape index (κ2) is 15.3. The van der Waals surface area contributed by atoms with Crippen LogP contribution in [0.4, 0.5) is 0 Å². The molecule has 0 N–H and O–H groups in total. The summed E-state index contributed by atoms with van der Waals surface area (Å²) < 4.78 is 30.2. The molecule has 1 aliphatic heterocycles. The van der Waals surface area contributed by atoms with Gasteiger partial charge >= 0.3 is 7.82 Å². The number of phosphoric ester groups is 1. The summed E-state index contributed by atoms with van der Waals surface area (Å²) in [6.07, 6.45) is 16.0. The standard InChI is InChI=1S/C21H43N2O4P/c1-5-8-11-12-13-14-15-16-23-18-17-22(4)21(23)27-28(24,25-19-9-6-2)26-20-10-7-3/h17-18,21H,5-16,19-20H2,1-4H3. The molecule has 0 aromatic carbocycles. The largest absolute Gasteiger partial charge is 0.478 e. The lowest BCUT2D eigenvalue weighted by atomic mass is 10.1. The third-order valence-corrected chi connectivity index (χ3v) is 6.31. The fraction of sp³-hybridized carbons (Fsp3) is 0.905. The lowest BCUT2D eigenvalue weighted by Gasteiger charge is -2.32. The van der Waals surface area contributed by atoms with Crippen molar-refractivity contribution >= 4 is 7.82 Å². The number of rotatable bonds is 18. The molecule has 0 saturated heterocycles. The third kappa shape index (κ3) is 10.3. The van der Waals surface area contributed by atoms with E-state index in [0.29, 0.717) is 13.2 Å². The van der Waals surface area contributed by atoms with E-state index >= 15 is 0 Å². The quantitative estimate of drug-likeness (QED) is 0.187. The third-order valence-electron chi connectivity index (χ3n) is 4.86. The van der Waals surface area contributed by atoms with Crippen molar-refractivity contribution in [1.29, 1.82) is 0 Å². The maximum absolute atomic E-state index is 13.1. The van der Waals surface area contributed by atoms with Crippen LogP contribution >= 0.6 is 7.82 Å². The van der Waals surface area contributed by atoms with Crippen LogP contribution < -0.4 is 0 Å². The van der Waals surface area contributed by atoms with Crippen LogP contribution in [-0.4, -0.2) is 43.0 Å². The SMILES string of the molecule is CCCCCCCCCN1C=CN(C)C1OP(=O)(OCCCC)OCCCC. The van der Waals surface area contributed by atoms with Crippen LogP contribution in [0.5, 0.6) is 0 Å². The minimum atomic E-state index is -3.58. The summed E-state index contributed by atoms with van der Waals surface area (Å²) in [5.41, 5.74) is 0. The average molecular weight is 419 g/mol. The van der Waals surface area contributed by atoms with Crippen LogP contribution in [0, 0.1) is 0 Å². The van der Waals surface area contributed by atoms with Gasteiger partial charge in [-0.15, -0.1) is 0 Å². The number of hydrogen-bond donors (Lipinski definition) is 0. The zero-order valence-corrected chi connectivity index (χ0v) is 19.5. The first-order valence-corrected chi connectivity index (χ1v) is 12.8. The van der Waals surface area contributed by atoms with E-state index in [9.17, 15) is 4.57 Å². The van der Waals surface area contributed by atoms with Gasteiger partial charge in [-0.05, 0) is 19.3 Å². The van der Waals surface area contributed by atoms with E-state index in [0.717, 1.165) is 38.6 Å². The van der Waals surface area contributed by atoms with E-state index in [2.05, 4.69) is 25.7 Å². The topological polar surface area (TPSA) is 51.2 Å². The predicted molar refractivity (Wildman–Crippen MR) is 116 cm³/mol. The normalized spacial score (nSPS) is 17.1. The average Bonchev–Trinajstić information content (AvgIpc) is 3.01. The molecule has 1 rings (SSSR count). The molecule has 0 bridgehead atoms. The van der Waals surface area contributed by atoms with Crippen molar-refractivity contribution in [3.63, 3.8) is 0 Å². The van der Waals surface area contributed by atoms with E-state index in [4.69, 9.17) is 13.6 Å². The number of unbranched alkanes of at least 4 members (excludes halogenated alkanes) is 8. The molecule has 0 radical (unpaired) electrons. The van der Waals surface area contributed by atoms with Crippen molar-refractivity contribution in [2.75, 3.05) is 26.8 Å². The molecule has 0 saturated carbocycles. The van der Waals surface area contributed by atoms with E-state index in [1.807, 2.05) is 24.3 Å². The van der Waals surface area contributed by atoms with Crippen LogP contribution in [0.2, 0.25) is 0 Å². The van der Waals surface area contributed by atoms with E-state index < -0.39 is 14.2 Å². The van der Waals surface area contributed by atoms with Crippen molar-refractivity contribution in [1.82, 2.24) is 9.80 Å². The predicted octanol–water partition coefficient (Wildman–Crippen LogP) is 6.50. The van der Waals surface area contributed by atoms with Gasteiger partial charge in [-0.2, -0.15) is 0 Å². The Morgan fingerprint density at radius 1 is 0.786 bits per heavy atom. The zero-order chi connectivity index (χ0) is 20.7. The van der Waals surface area contributed by atoms with Crippen molar-refractivity contribution < 1.29 is 18.1 Å². The van der Waals surface area contributed by atoms with Gasteiger partial charge in [0.2, 0.25) is 6.35 Å². The molecule has 0 aliphatic carbocycles. The van der Waals surface area contributed by atoms with Gasteiger partial charge in [-0.25, -0.2) is 9.09 Å². The first-order valence-electron chi connectivity index (χ1n) is 11.3. The summed E-state index contributed by atoms with van der Waals surface area (Å²) in [7, 11) is -1.66. The van der Waals surface area contributed by atoms with Gasteiger partial charge in [0.15, 0.2) is 0 Å². The van der Waals surface area contributed by atoms with Crippen molar-refractivity contribution in [2.45, 2.75) is 97.8 Å². The Balaban J connectivity index is 2.50. The molecule has 1 heterocycles. The van der Waals surface area contributed by atoms with Gasteiger partial charge in [0.05, 0.1) is 13.2 Å². The molecule has 1 atom stereocenters. The van der Waals surface area contributed by atoms with Crippen LogP contribution in [0.1, 0.15) is 91.4 Å². The summed E-state index contributed by atoms with van der Waals surface area (Å²) >= 11 is 0. The van der Waals surface area contributed by atoms with Gasteiger partial charge in [-0.1, -0.05) is 72.1 Å². The number of nitrogens with zero attached hydrogens (tertiary/aromatic N) is 2. The van der Waals surface area contributed by atoms with Crippen molar-refractivity contribution in [3.05, 3.63) is 12.4 Å². The first-order chi connectivity index (χ1) is 13.6. The van der Waals surface area contributed by atoms with Crippen molar-refractivity contribution in [3.8, 4) is 0 Å². The van der Waals surface area contributed by atoms with E-state index in [-0.39, 0.29) is 0 Å². The lowest BCUT2D eigenvalue weighted by molar-refractivity contribution is -0.0463. The highest BCUT2D eigenvalue weighted by Crippen LogP contribution is 2.52. The monoisotopic (exact) mass is 418 g/mol. The van der Waals surface area contributed by atoms with Gasteiger partial charge in [0.1, 0.15) is 0 Å². The molecule has 0 amide bonds. The Kier molecular flexibility index (Phi) is 13.9. The number of hydrogen-bond acceptors (Lipinski definition) is 6. The Bertz CT molecular complexity index is 448. The summed E-state index contributed by atoms with van der Waals surface area (Å²) in [5.74, 6) is 0. The zero-order valence-electron chi connectivity index (χ0n) is 18.6. The van der Waals surface area contributed by atoms with Gasteiger partial charge in [-0.3, -0.25) is 9.05 Å². The summed E-state index contributed by atoms with van der Waals surface area (Å²) in [4.78, 5) is 4.01. The highest BCUT2D eigenvalue weighted by molar-refractivity contribution is 7.48. The molecule has 0 aromatic rings. The first kappa shape index (κ1) is 25.5. The second-order valence-electron chi connectivity index (χ2n) is 7.58. The van der Waals surface area contributed by atoms with Gasteiger partial charge in [0, 0.05) is 26.0 Å². The molecule has 7 heteroatoms. The molecule has 6 nitrogen and oxygen atoms in total. The van der Waals surface area contributed by atoms with Crippen LogP contribution in [0.3, 0.4) is 0 Å². The maximum Gasteiger partial charge on any atom is 0.478 e.